The van der Waals surface area contributed by atoms with Gasteiger partial charge in [-0.15, -0.1) is 11.8 Å². The van der Waals surface area contributed by atoms with E-state index < -0.39 is 12.0 Å². The van der Waals surface area contributed by atoms with Gasteiger partial charge in [0, 0.05) is 29.1 Å². The SMILES string of the molecule is O=C([O-])C1=CCS[C@@H]2[C@H](Nc3cc[n+](Cc4ccccc4)cc3)C(=O)N12. The highest BCUT2D eigenvalue weighted by atomic mass is 32.2. The van der Waals surface area contributed by atoms with Crippen LogP contribution in [0.5, 0.6) is 0 Å². The Bertz CT molecular complexity index is 867. The van der Waals surface area contributed by atoms with Crippen molar-refractivity contribution in [1.29, 1.82) is 0 Å². The maximum absolute atomic E-state index is 12.3. The maximum Gasteiger partial charge on any atom is 0.253 e. The lowest BCUT2D eigenvalue weighted by molar-refractivity contribution is -0.688. The van der Waals surface area contributed by atoms with Crippen LogP contribution in [0.1, 0.15) is 5.56 Å². The number of carboxylic acid groups (broad SMARTS) is 1. The quantitative estimate of drug-likeness (QED) is 0.610. The van der Waals surface area contributed by atoms with Gasteiger partial charge < -0.3 is 15.2 Å². The number of aliphatic carboxylic acids is 1. The molecule has 2 aliphatic rings. The highest BCUT2D eigenvalue weighted by Gasteiger charge is 2.50. The van der Waals surface area contributed by atoms with Crippen molar-refractivity contribution in [2.75, 3.05) is 11.1 Å². The van der Waals surface area contributed by atoms with Gasteiger partial charge in [-0.25, -0.2) is 4.57 Å². The molecule has 6 nitrogen and oxygen atoms in total. The molecule has 1 amide bonds. The molecule has 0 spiro atoms. The second-order valence-corrected chi connectivity index (χ2v) is 7.33. The highest BCUT2D eigenvalue weighted by molar-refractivity contribution is 8.00. The Labute approximate surface area is 155 Å². The molecule has 1 aromatic carbocycles. The number of thioether (sulfide) groups is 1. The van der Waals surface area contributed by atoms with Gasteiger partial charge in [0.25, 0.3) is 5.91 Å². The van der Waals surface area contributed by atoms with Crippen LogP contribution in [0, 0.1) is 0 Å². The van der Waals surface area contributed by atoms with Gasteiger partial charge in [0.15, 0.2) is 18.9 Å². The Morgan fingerprint density at radius 2 is 1.96 bits per heavy atom. The normalized spacial score (nSPS) is 21.5. The summed E-state index contributed by atoms with van der Waals surface area (Å²) in [6.45, 7) is 0.773. The fraction of sp³-hybridized carbons (Fsp3) is 0.211. The van der Waals surface area contributed by atoms with Crippen LogP contribution in [0.15, 0.2) is 66.6 Å². The molecule has 3 heterocycles. The lowest BCUT2D eigenvalue weighted by Crippen LogP contribution is -2.67. The van der Waals surface area contributed by atoms with Crippen LogP contribution in [-0.2, 0) is 16.1 Å². The lowest BCUT2D eigenvalue weighted by atomic mass is 10.0. The number of carboxylic acids is 1. The van der Waals surface area contributed by atoms with Gasteiger partial charge in [-0.05, 0) is 6.08 Å². The summed E-state index contributed by atoms with van der Waals surface area (Å²) in [5.74, 6) is -0.982. The van der Waals surface area contributed by atoms with Crippen molar-refractivity contribution in [3.63, 3.8) is 0 Å². The van der Waals surface area contributed by atoms with Crippen molar-refractivity contribution in [1.82, 2.24) is 4.90 Å². The van der Waals surface area contributed by atoms with Crippen molar-refractivity contribution in [2.45, 2.75) is 18.0 Å². The molecule has 1 aromatic heterocycles. The van der Waals surface area contributed by atoms with Crippen LogP contribution in [0.4, 0.5) is 5.69 Å². The number of fused-ring (bicyclic) bond motifs is 1. The second-order valence-electron chi connectivity index (χ2n) is 6.18. The van der Waals surface area contributed by atoms with Crippen LogP contribution < -0.4 is 15.0 Å². The number of hydrogen-bond acceptors (Lipinski definition) is 5. The summed E-state index contributed by atoms with van der Waals surface area (Å²) in [6, 6.07) is 13.6. The third-order valence-corrected chi connectivity index (χ3v) is 5.66. The Morgan fingerprint density at radius 1 is 1.23 bits per heavy atom. The number of nitrogens with one attached hydrogen (secondary N) is 1. The molecule has 26 heavy (non-hydrogen) atoms. The first-order valence-corrected chi connectivity index (χ1v) is 9.34. The first kappa shape index (κ1) is 16.7. The molecule has 7 heteroatoms. The molecule has 0 bridgehead atoms. The summed E-state index contributed by atoms with van der Waals surface area (Å²) < 4.78 is 2.06. The van der Waals surface area contributed by atoms with E-state index in [1.165, 1.54) is 16.5 Å². The molecule has 1 saturated heterocycles. The summed E-state index contributed by atoms with van der Waals surface area (Å²) in [5.41, 5.74) is 2.02. The fourth-order valence-corrected chi connectivity index (χ4v) is 4.36. The first-order valence-electron chi connectivity index (χ1n) is 8.29. The minimum atomic E-state index is -1.30. The van der Waals surface area contributed by atoms with Gasteiger partial charge in [0.05, 0.1) is 11.7 Å². The standard InChI is InChI=1S/C19H17N3O3S/c23-17-16(18-22(17)15(19(24)25)8-11-26-18)20-14-6-9-21(10-7-14)12-13-4-2-1-3-5-13/h1-10,16,18H,11-12H2,(H,24,25)/t16-,18-/m1/s1. The third kappa shape index (κ3) is 3.06. The number of nitrogens with zero attached hydrogens (tertiary/aromatic N) is 2. The van der Waals surface area contributed by atoms with Crippen molar-refractivity contribution in [3.8, 4) is 0 Å². The summed E-state index contributed by atoms with van der Waals surface area (Å²) >= 11 is 1.54. The first-order chi connectivity index (χ1) is 12.6. The molecule has 1 N–H and O–H groups in total. The number of pyridine rings is 1. The van der Waals surface area contributed by atoms with Gasteiger partial charge >= 0.3 is 0 Å². The molecule has 2 aromatic rings. The van der Waals surface area contributed by atoms with E-state index >= 15 is 0 Å². The molecular weight excluding hydrogens is 350 g/mol. The zero-order valence-electron chi connectivity index (χ0n) is 13.9. The van der Waals surface area contributed by atoms with Crippen LogP contribution in [0.3, 0.4) is 0 Å². The number of hydrogen-bond donors (Lipinski definition) is 1. The van der Waals surface area contributed by atoms with Crippen molar-refractivity contribution in [2.24, 2.45) is 0 Å². The van der Waals surface area contributed by atoms with E-state index in [0.29, 0.717) is 5.75 Å². The van der Waals surface area contributed by atoms with E-state index in [4.69, 9.17) is 0 Å². The van der Waals surface area contributed by atoms with Crippen LogP contribution in [0.2, 0.25) is 0 Å². The zero-order chi connectivity index (χ0) is 18.1. The summed E-state index contributed by atoms with van der Waals surface area (Å²) in [4.78, 5) is 24.8. The third-order valence-electron chi connectivity index (χ3n) is 4.48. The van der Waals surface area contributed by atoms with Crippen LogP contribution in [0.25, 0.3) is 0 Å². The average molecular weight is 367 g/mol. The van der Waals surface area contributed by atoms with Crippen LogP contribution >= 0.6 is 11.8 Å². The van der Waals surface area contributed by atoms with Gasteiger partial charge in [-0.3, -0.25) is 9.69 Å². The minimum Gasteiger partial charge on any atom is -0.543 e. The molecule has 2 aliphatic heterocycles. The van der Waals surface area contributed by atoms with Crippen LogP contribution in [-0.4, -0.2) is 33.9 Å². The number of anilines is 1. The van der Waals surface area contributed by atoms with Gasteiger partial charge in [-0.1, -0.05) is 30.3 Å². The molecule has 132 valence electrons. The smallest absolute Gasteiger partial charge is 0.253 e. The number of amides is 1. The largest absolute Gasteiger partial charge is 0.543 e. The average Bonchev–Trinajstić information content (AvgIpc) is 2.67. The number of aromatic nitrogens is 1. The van der Waals surface area contributed by atoms with E-state index in [0.717, 1.165) is 12.2 Å². The van der Waals surface area contributed by atoms with Gasteiger partial charge in [0.2, 0.25) is 0 Å². The molecule has 1 fully saturated rings. The fourth-order valence-electron chi connectivity index (χ4n) is 3.16. The summed E-state index contributed by atoms with van der Waals surface area (Å²) in [5, 5.41) is 14.1. The number of rotatable bonds is 5. The Kier molecular flexibility index (Phi) is 4.38. The van der Waals surface area contributed by atoms with E-state index in [9.17, 15) is 14.7 Å². The molecule has 0 unspecified atom stereocenters. The highest BCUT2D eigenvalue weighted by Crippen LogP contribution is 2.38. The summed E-state index contributed by atoms with van der Waals surface area (Å²) in [7, 11) is 0. The van der Waals surface area contributed by atoms with Crippen molar-refractivity contribution >= 4 is 29.3 Å². The zero-order valence-corrected chi connectivity index (χ0v) is 14.7. The van der Waals surface area contributed by atoms with Gasteiger partial charge in [0.1, 0.15) is 11.4 Å². The molecule has 0 aliphatic carbocycles. The van der Waals surface area contributed by atoms with Gasteiger partial charge in [-0.2, -0.15) is 0 Å². The monoisotopic (exact) mass is 367 g/mol. The maximum atomic E-state index is 12.3. The van der Waals surface area contributed by atoms with Crippen molar-refractivity contribution < 1.29 is 19.3 Å². The lowest BCUT2D eigenvalue weighted by Gasteiger charge is -2.49. The predicted octanol–water partition coefficient (Wildman–Crippen LogP) is 0.352. The molecule has 0 saturated carbocycles. The van der Waals surface area contributed by atoms with E-state index in [-0.39, 0.29) is 17.0 Å². The van der Waals surface area contributed by atoms with E-state index in [1.54, 1.807) is 11.8 Å². The number of β-lactam (4-membered cyclic amide) rings is 1. The minimum absolute atomic E-state index is 0.0226. The predicted molar refractivity (Wildman–Crippen MR) is 95.8 cm³/mol. The number of carbonyl (C=O) groups is 2. The molecule has 2 atom stereocenters. The number of carbonyl (C=O) groups excluding carboxylic acids is 2. The Morgan fingerprint density at radius 3 is 2.65 bits per heavy atom. The topological polar surface area (TPSA) is 76.3 Å². The Balaban J connectivity index is 1.42. The second kappa shape index (κ2) is 6.84. The van der Waals surface area contributed by atoms with Crippen molar-refractivity contribution in [3.05, 3.63) is 72.2 Å². The summed E-state index contributed by atoms with van der Waals surface area (Å²) in [6.07, 6.45) is 5.44. The van der Waals surface area contributed by atoms with E-state index in [2.05, 4.69) is 22.0 Å². The Hall–Kier alpha value is -2.80. The molecule has 0 radical (unpaired) electrons. The van der Waals surface area contributed by atoms with E-state index in [1.807, 2.05) is 42.7 Å². The molecular formula is C19H17N3O3S. The molecule has 4 rings (SSSR count). The number of benzene rings is 1.